The van der Waals surface area contributed by atoms with Crippen LogP contribution in [0.2, 0.25) is 0 Å². The molecule has 0 bridgehead atoms. The molecule has 2 aromatic rings. The molecular formula is C12H8BrN3O. The minimum absolute atomic E-state index is 0.278. The van der Waals surface area contributed by atoms with Crippen LogP contribution in [0.25, 0.3) is 0 Å². The maximum atomic E-state index is 8.91. The summed E-state index contributed by atoms with van der Waals surface area (Å²) >= 11 is 3.34. The van der Waals surface area contributed by atoms with Crippen molar-refractivity contribution in [1.82, 2.24) is 4.98 Å². The van der Waals surface area contributed by atoms with Crippen molar-refractivity contribution in [3.63, 3.8) is 0 Å². The van der Waals surface area contributed by atoms with Crippen LogP contribution < -0.4 is 10.5 Å². The van der Waals surface area contributed by atoms with Gasteiger partial charge in [-0.2, -0.15) is 5.26 Å². The molecule has 0 spiro atoms. The van der Waals surface area contributed by atoms with Crippen LogP contribution in [0.5, 0.6) is 11.6 Å². The van der Waals surface area contributed by atoms with E-state index in [1.165, 1.54) is 0 Å². The summed E-state index contributed by atoms with van der Waals surface area (Å²) in [5, 5.41) is 8.91. The van der Waals surface area contributed by atoms with E-state index in [0.717, 1.165) is 0 Å². The second kappa shape index (κ2) is 4.85. The molecule has 0 saturated heterocycles. The van der Waals surface area contributed by atoms with Gasteiger partial charge in [-0.1, -0.05) is 0 Å². The fraction of sp³-hybridized carbons (Fsp3) is 0. The van der Waals surface area contributed by atoms with Crippen molar-refractivity contribution in [3.05, 3.63) is 46.6 Å². The first-order valence-electron chi connectivity index (χ1n) is 4.78. The number of nitrogen functional groups attached to an aromatic ring is 1. The molecule has 0 aliphatic rings. The van der Waals surface area contributed by atoms with Gasteiger partial charge in [0, 0.05) is 11.9 Å². The first-order chi connectivity index (χ1) is 8.20. The number of ether oxygens (including phenoxy) is 1. The number of benzene rings is 1. The molecule has 0 aliphatic carbocycles. The van der Waals surface area contributed by atoms with Gasteiger partial charge in [0.25, 0.3) is 0 Å². The average molecular weight is 290 g/mol. The highest BCUT2D eigenvalue weighted by Gasteiger charge is 2.08. The molecule has 1 heterocycles. The van der Waals surface area contributed by atoms with Crippen molar-refractivity contribution >= 4 is 21.6 Å². The Hall–Kier alpha value is -2.06. The van der Waals surface area contributed by atoms with Gasteiger partial charge >= 0.3 is 0 Å². The highest BCUT2D eigenvalue weighted by Crippen LogP contribution is 2.31. The second-order valence-electron chi connectivity index (χ2n) is 3.26. The molecule has 5 heteroatoms. The predicted molar refractivity (Wildman–Crippen MR) is 67.6 cm³/mol. The number of halogens is 1. The summed E-state index contributed by atoms with van der Waals surface area (Å²) in [6.07, 6.45) is 1.57. The van der Waals surface area contributed by atoms with Crippen molar-refractivity contribution in [3.8, 4) is 17.7 Å². The van der Waals surface area contributed by atoms with Crippen LogP contribution in [-0.2, 0) is 0 Å². The molecule has 0 amide bonds. The van der Waals surface area contributed by atoms with Crippen molar-refractivity contribution in [2.24, 2.45) is 0 Å². The van der Waals surface area contributed by atoms with E-state index in [4.69, 9.17) is 15.7 Å². The topological polar surface area (TPSA) is 71.9 Å². The van der Waals surface area contributed by atoms with Gasteiger partial charge in [0.1, 0.15) is 17.4 Å². The molecule has 0 fully saturated rings. The number of nitrogens with zero attached hydrogens (tertiary/aromatic N) is 2. The normalized spacial score (nSPS) is 9.65. The molecule has 4 nitrogen and oxygen atoms in total. The number of aromatic nitrogens is 1. The summed E-state index contributed by atoms with van der Waals surface area (Å²) in [5.74, 6) is 0.842. The van der Waals surface area contributed by atoms with Gasteiger partial charge < -0.3 is 10.5 Å². The highest BCUT2D eigenvalue weighted by molar-refractivity contribution is 9.10. The Morgan fingerprint density at radius 3 is 2.88 bits per heavy atom. The molecule has 0 saturated carbocycles. The molecule has 1 aromatic carbocycles. The van der Waals surface area contributed by atoms with E-state index in [1.807, 2.05) is 6.07 Å². The molecule has 0 aliphatic heterocycles. The largest absolute Gasteiger partial charge is 0.436 e. The zero-order chi connectivity index (χ0) is 12.3. The Morgan fingerprint density at radius 1 is 1.35 bits per heavy atom. The summed E-state index contributed by atoms with van der Waals surface area (Å²) in [4.78, 5) is 4.01. The maximum absolute atomic E-state index is 8.91. The lowest BCUT2D eigenvalue weighted by molar-refractivity contribution is 0.458. The van der Waals surface area contributed by atoms with Crippen LogP contribution in [0, 0.1) is 11.3 Å². The van der Waals surface area contributed by atoms with Gasteiger partial charge in [-0.05, 0) is 46.3 Å². The summed E-state index contributed by atoms with van der Waals surface area (Å²) in [5.41, 5.74) is 6.64. The van der Waals surface area contributed by atoms with E-state index in [9.17, 15) is 0 Å². The third-order valence-corrected chi connectivity index (χ3v) is 2.67. The van der Waals surface area contributed by atoms with Crippen molar-refractivity contribution < 1.29 is 4.74 Å². The summed E-state index contributed by atoms with van der Waals surface area (Å²) in [6, 6.07) is 10.5. The van der Waals surface area contributed by atoms with Crippen LogP contribution in [0.4, 0.5) is 5.69 Å². The van der Waals surface area contributed by atoms with Gasteiger partial charge in [0.2, 0.25) is 5.88 Å². The predicted octanol–water partition coefficient (Wildman–Crippen LogP) is 3.09. The van der Waals surface area contributed by atoms with E-state index < -0.39 is 0 Å². The van der Waals surface area contributed by atoms with Gasteiger partial charge in [-0.15, -0.1) is 0 Å². The third-order valence-electron chi connectivity index (χ3n) is 2.05. The average Bonchev–Trinajstić information content (AvgIpc) is 2.33. The zero-order valence-corrected chi connectivity index (χ0v) is 10.3. The molecule has 0 radical (unpaired) electrons. The Kier molecular flexibility index (Phi) is 3.26. The van der Waals surface area contributed by atoms with Crippen LogP contribution in [-0.4, -0.2) is 4.98 Å². The van der Waals surface area contributed by atoms with E-state index in [2.05, 4.69) is 20.9 Å². The van der Waals surface area contributed by atoms with Crippen molar-refractivity contribution in [2.75, 3.05) is 5.73 Å². The number of nitriles is 1. The van der Waals surface area contributed by atoms with E-state index in [-0.39, 0.29) is 5.88 Å². The lowest BCUT2D eigenvalue weighted by Gasteiger charge is -2.08. The van der Waals surface area contributed by atoms with E-state index >= 15 is 0 Å². The van der Waals surface area contributed by atoms with Crippen LogP contribution in [0.1, 0.15) is 5.56 Å². The maximum Gasteiger partial charge on any atom is 0.237 e. The molecule has 1 aromatic heterocycles. The number of rotatable bonds is 2. The monoisotopic (exact) mass is 289 g/mol. The lowest BCUT2D eigenvalue weighted by Crippen LogP contribution is -1.93. The lowest BCUT2D eigenvalue weighted by atomic mass is 10.3. The van der Waals surface area contributed by atoms with Gasteiger partial charge in [-0.25, -0.2) is 4.98 Å². The number of anilines is 1. The number of hydrogen-bond donors (Lipinski definition) is 1. The number of nitrogens with two attached hydrogens (primary N) is 1. The Morgan fingerprint density at radius 2 is 2.18 bits per heavy atom. The van der Waals surface area contributed by atoms with E-state index in [1.54, 1.807) is 36.5 Å². The SMILES string of the molecule is N#Cc1cccnc1Oc1ccc(N)cc1Br. The number of pyridine rings is 1. The van der Waals surface area contributed by atoms with Crippen molar-refractivity contribution in [2.45, 2.75) is 0 Å². The number of hydrogen-bond acceptors (Lipinski definition) is 4. The summed E-state index contributed by atoms with van der Waals surface area (Å²) in [7, 11) is 0. The van der Waals surface area contributed by atoms with Crippen molar-refractivity contribution in [1.29, 1.82) is 5.26 Å². The molecular weight excluding hydrogens is 282 g/mol. The minimum atomic E-state index is 0.278. The fourth-order valence-electron chi connectivity index (χ4n) is 1.26. The van der Waals surface area contributed by atoms with Crippen LogP contribution in [0.15, 0.2) is 41.0 Å². The first kappa shape index (κ1) is 11.4. The molecule has 17 heavy (non-hydrogen) atoms. The highest BCUT2D eigenvalue weighted by atomic mass is 79.9. The van der Waals surface area contributed by atoms with Gasteiger partial charge in [-0.3, -0.25) is 0 Å². The minimum Gasteiger partial charge on any atom is -0.436 e. The smallest absolute Gasteiger partial charge is 0.237 e. The Balaban J connectivity index is 2.35. The molecule has 0 atom stereocenters. The Labute approximate surface area is 107 Å². The molecule has 0 unspecified atom stereocenters. The molecule has 2 N–H and O–H groups in total. The molecule has 84 valence electrons. The summed E-state index contributed by atoms with van der Waals surface area (Å²) in [6.45, 7) is 0. The van der Waals surface area contributed by atoms with Crippen LogP contribution >= 0.6 is 15.9 Å². The summed E-state index contributed by atoms with van der Waals surface area (Å²) < 4.78 is 6.26. The quantitative estimate of drug-likeness (QED) is 0.863. The van der Waals surface area contributed by atoms with E-state index in [0.29, 0.717) is 21.5 Å². The first-order valence-corrected chi connectivity index (χ1v) is 5.58. The zero-order valence-electron chi connectivity index (χ0n) is 8.72. The Bertz CT molecular complexity index is 593. The van der Waals surface area contributed by atoms with Crippen LogP contribution in [0.3, 0.4) is 0 Å². The van der Waals surface area contributed by atoms with Gasteiger partial charge in [0.15, 0.2) is 0 Å². The fourth-order valence-corrected chi connectivity index (χ4v) is 1.74. The molecule has 2 rings (SSSR count). The second-order valence-corrected chi connectivity index (χ2v) is 4.11. The third kappa shape index (κ3) is 2.55. The standard InChI is InChI=1S/C12H8BrN3O/c13-10-6-9(15)3-4-11(10)17-12-8(7-14)2-1-5-16-12/h1-6H,15H2. The van der Waals surface area contributed by atoms with Gasteiger partial charge in [0.05, 0.1) is 4.47 Å².